The zero-order chi connectivity index (χ0) is 13.7. The molecule has 0 bridgehead atoms. The molecule has 5 heteroatoms. The van der Waals surface area contributed by atoms with Gasteiger partial charge in [0, 0.05) is 25.7 Å². The van der Waals surface area contributed by atoms with E-state index in [1.165, 1.54) is 13.2 Å². The van der Waals surface area contributed by atoms with Gasteiger partial charge in [0.05, 0.1) is 7.11 Å². The minimum atomic E-state index is -0.116. The lowest BCUT2D eigenvalue weighted by Crippen LogP contribution is -2.33. The predicted molar refractivity (Wildman–Crippen MR) is 70.2 cm³/mol. The number of hydrogen-bond acceptors (Lipinski definition) is 4. The van der Waals surface area contributed by atoms with Crippen molar-refractivity contribution in [2.24, 2.45) is 0 Å². The van der Waals surface area contributed by atoms with Gasteiger partial charge in [0.2, 0.25) is 0 Å². The van der Waals surface area contributed by atoms with Crippen molar-refractivity contribution >= 4 is 5.91 Å². The molecule has 1 aromatic rings. The van der Waals surface area contributed by atoms with E-state index in [-0.39, 0.29) is 11.7 Å². The number of benzene rings is 1. The van der Waals surface area contributed by atoms with Gasteiger partial charge in [0.25, 0.3) is 5.91 Å². The molecule has 0 aromatic heterocycles. The molecule has 0 heterocycles. The van der Waals surface area contributed by atoms with Gasteiger partial charge in [-0.1, -0.05) is 0 Å². The number of aromatic hydroxyl groups is 1. The summed E-state index contributed by atoms with van der Waals surface area (Å²) in [6.07, 6.45) is 0. The van der Waals surface area contributed by atoms with Crippen LogP contribution in [0.2, 0.25) is 0 Å². The van der Waals surface area contributed by atoms with Crippen molar-refractivity contribution in [3.05, 3.63) is 23.8 Å². The number of phenols is 1. The second kappa shape index (κ2) is 6.26. The van der Waals surface area contributed by atoms with Crippen molar-refractivity contribution in [1.82, 2.24) is 9.80 Å². The van der Waals surface area contributed by atoms with Gasteiger partial charge in [-0.25, -0.2) is 0 Å². The highest BCUT2D eigenvalue weighted by atomic mass is 16.5. The molecule has 18 heavy (non-hydrogen) atoms. The Kier molecular flexibility index (Phi) is 4.97. The standard InChI is InChI=1S/C13H20N2O3/c1-14(2)7-8-15(3)13(17)10-5-6-12(18-4)11(16)9-10/h5-6,9,16H,7-8H2,1-4H3. The molecule has 1 aromatic carbocycles. The lowest BCUT2D eigenvalue weighted by atomic mass is 10.2. The summed E-state index contributed by atoms with van der Waals surface area (Å²) in [6, 6.07) is 4.66. The lowest BCUT2D eigenvalue weighted by molar-refractivity contribution is 0.0786. The van der Waals surface area contributed by atoms with E-state index in [0.717, 1.165) is 6.54 Å². The van der Waals surface area contributed by atoms with Crippen molar-refractivity contribution in [3.63, 3.8) is 0 Å². The van der Waals surface area contributed by atoms with Crippen molar-refractivity contribution < 1.29 is 14.6 Å². The third-order valence-corrected chi connectivity index (χ3v) is 2.66. The highest BCUT2D eigenvalue weighted by molar-refractivity contribution is 5.94. The van der Waals surface area contributed by atoms with Crippen LogP contribution in [0.25, 0.3) is 0 Å². The Labute approximate surface area is 108 Å². The number of amides is 1. The fourth-order valence-electron chi connectivity index (χ4n) is 1.49. The molecule has 0 radical (unpaired) electrons. The largest absolute Gasteiger partial charge is 0.504 e. The maximum atomic E-state index is 12.1. The first-order valence-corrected chi connectivity index (χ1v) is 5.73. The van der Waals surface area contributed by atoms with Gasteiger partial charge in [0.15, 0.2) is 11.5 Å². The van der Waals surface area contributed by atoms with Crippen LogP contribution < -0.4 is 4.74 Å². The summed E-state index contributed by atoms with van der Waals surface area (Å²) in [5.41, 5.74) is 0.453. The van der Waals surface area contributed by atoms with E-state index in [2.05, 4.69) is 0 Å². The Morgan fingerprint density at radius 1 is 1.28 bits per heavy atom. The fraction of sp³-hybridized carbons (Fsp3) is 0.462. The summed E-state index contributed by atoms with van der Waals surface area (Å²) in [7, 11) is 7.13. The Bertz CT molecular complexity index is 419. The summed E-state index contributed by atoms with van der Waals surface area (Å²) in [5.74, 6) is 0.224. The number of likely N-dealkylation sites (N-methyl/N-ethyl adjacent to an activating group) is 2. The highest BCUT2D eigenvalue weighted by Crippen LogP contribution is 2.26. The van der Waals surface area contributed by atoms with E-state index in [1.807, 2.05) is 19.0 Å². The van der Waals surface area contributed by atoms with Gasteiger partial charge in [-0.2, -0.15) is 0 Å². The SMILES string of the molecule is COc1ccc(C(=O)N(C)CCN(C)C)cc1O. The molecule has 1 N–H and O–H groups in total. The molecule has 1 amide bonds. The number of nitrogens with zero attached hydrogens (tertiary/aromatic N) is 2. The quantitative estimate of drug-likeness (QED) is 0.850. The maximum absolute atomic E-state index is 12.1. The normalized spacial score (nSPS) is 10.5. The van der Waals surface area contributed by atoms with Crippen LogP contribution >= 0.6 is 0 Å². The summed E-state index contributed by atoms with van der Waals surface area (Å²) in [6.45, 7) is 1.43. The molecular weight excluding hydrogens is 232 g/mol. The Morgan fingerprint density at radius 2 is 1.94 bits per heavy atom. The Hall–Kier alpha value is -1.75. The van der Waals surface area contributed by atoms with Crippen molar-refractivity contribution in [2.75, 3.05) is 41.3 Å². The molecule has 0 fully saturated rings. The summed E-state index contributed by atoms with van der Waals surface area (Å²) >= 11 is 0. The second-order valence-corrected chi connectivity index (χ2v) is 4.42. The molecule has 1 rings (SSSR count). The molecule has 0 atom stereocenters. The van der Waals surface area contributed by atoms with Crippen LogP contribution in [0, 0.1) is 0 Å². The first-order valence-electron chi connectivity index (χ1n) is 5.73. The van der Waals surface area contributed by atoms with Gasteiger partial charge >= 0.3 is 0 Å². The van der Waals surface area contributed by atoms with Crippen LogP contribution in [0.5, 0.6) is 11.5 Å². The molecule has 0 spiro atoms. The first-order chi connectivity index (χ1) is 8.45. The molecule has 0 aliphatic carbocycles. The minimum Gasteiger partial charge on any atom is -0.504 e. The van der Waals surface area contributed by atoms with Crippen molar-refractivity contribution in [3.8, 4) is 11.5 Å². The van der Waals surface area contributed by atoms with E-state index < -0.39 is 0 Å². The van der Waals surface area contributed by atoms with E-state index >= 15 is 0 Å². The minimum absolute atomic E-state index is 0.0237. The number of carbonyl (C=O) groups is 1. The van der Waals surface area contributed by atoms with E-state index in [1.54, 1.807) is 24.1 Å². The van der Waals surface area contributed by atoms with Crippen LogP contribution in [-0.2, 0) is 0 Å². The molecule has 0 aliphatic heterocycles. The van der Waals surface area contributed by atoms with E-state index in [4.69, 9.17) is 4.74 Å². The van der Waals surface area contributed by atoms with Crippen LogP contribution in [0.1, 0.15) is 10.4 Å². The third kappa shape index (κ3) is 3.63. The van der Waals surface area contributed by atoms with Gasteiger partial charge in [-0.3, -0.25) is 4.79 Å². The van der Waals surface area contributed by atoms with E-state index in [9.17, 15) is 9.90 Å². The van der Waals surface area contributed by atoms with Crippen LogP contribution in [0.15, 0.2) is 18.2 Å². The summed E-state index contributed by atoms with van der Waals surface area (Å²) in [5, 5.41) is 9.64. The van der Waals surface area contributed by atoms with Crippen molar-refractivity contribution in [2.45, 2.75) is 0 Å². The maximum Gasteiger partial charge on any atom is 0.253 e. The van der Waals surface area contributed by atoms with Gasteiger partial charge in [-0.15, -0.1) is 0 Å². The molecular formula is C13H20N2O3. The average Bonchev–Trinajstić information content (AvgIpc) is 2.34. The molecule has 5 nitrogen and oxygen atoms in total. The number of ether oxygens (including phenoxy) is 1. The molecule has 0 saturated heterocycles. The highest BCUT2D eigenvalue weighted by Gasteiger charge is 2.13. The van der Waals surface area contributed by atoms with Crippen LogP contribution in [0.3, 0.4) is 0 Å². The van der Waals surface area contributed by atoms with Gasteiger partial charge in [-0.05, 0) is 32.3 Å². The zero-order valence-electron chi connectivity index (χ0n) is 11.3. The Balaban J connectivity index is 2.74. The third-order valence-electron chi connectivity index (χ3n) is 2.66. The van der Waals surface area contributed by atoms with E-state index in [0.29, 0.717) is 17.9 Å². The topological polar surface area (TPSA) is 53.0 Å². The summed E-state index contributed by atoms with van der Waals surface area (Å²) in [4.78, 5) is 15.7. The smallest absolute Gasteiger partial charge is 0.253 e. The monoisotopic (exact) mass is 252 g/mol. The number of rotatable bonds is 5. The molecule has 0 aliphatic rings. The average molecular weight is 252 g/mol. The molecule has 100 valence electrons. The lowest BCUT2D eigenvalue weighted by Gasteiger charge is -2.20. The number of hydrogen-bond donors (Lipinski definition) is 1. The molecule has 0 saturated carbocycles. The Morgan fingerprint density at radius 3 is 2.44 bits per heavy atom. The fourth-order valence-corrected chi connectivity index (χ4v) is 1.49. The molecule has 0 unspecified atom stereocenters. The predicted octanol–water partition coefficient (Wildman–Crippen LogP) is 1.03. The van der Waals surface area contributed by atoms with Crippen LogP contribution in [-0.4, -0.2) is 62.2 Å². The first kappa shape index (κ1) is 14.3. The number of phenolic OH excluding ortho intramolecular Hbond substituents is 1. The summed E-state index contributed by atoms with van der Waals surface area (Å²) < 4.78 is 4.94. The van der Waals surface area contributed by atoms with Gasteiger partial charge < -0.3 is 19.6 Å². The zero-order valence-corrected chi connectivity index (χ0v) is 11.3. The number of carbonyl (C=O) groups excluding carboxylic acids is 1. The van der Waals surface area contributed by atoms with Gasteiger partial charge in [0.1, 0.15) is 0 Å². The van der Waals surface area contributed by atoms with Crippen LogP contribution in [0.4, 0.5) is 0 Å². The second-order valence-electron chi connectivity index (χ2n) is 4.42. The number of methoxy groups -OCH3 is 1. The van der Waals surface area contributed by atoms with Crippen molar-refractivity contribution in [1.29, 1.82) is 0 Å².